The number of carbonyl (C=O) groups excluding carboxylic acids is 1. The van der Waals surface area contributed by atoms with E-state index < -0.39 is 5.82 Å². The molecule has 170 valence electrons. The number of rotatable bonds is 7. The van der Waals surface area contributed by atoms with E-state index in [1.165, 1.54) is 22.9 Å². The summed E-state index contributed by atoms with van der Waals surface area (Å²) >= 11 is 0. The van der Waals surface area contributed by atoms with Crippen molar-refractivity contribution in [1.29, 1.82) is 0 Å². The lowest BCUT2D eigenvalue weighted by atomic mass is 10.2. The van der Waals surface area contributed by atoms with Crippen molar-refractivity contribution in [2.75, 3.05) is 19.0 Å². The number of methoxy groups -OCH3 is 1. The minimum Gasteiger partial charge on any atom is -0.495 e. The number of halogens is 1. The van der Waals surface area contributed by atoms with E-state index in [-0.39, 0.29) is 12.1 Å². The van der Waals surface area contributed by atoms with E-state index >= 15 is 0 Å². The molecule has 9 nitrogen and oxygen atoms in total. The van der Waals surface area contributed by atoms with Crippen LogP contribution in [0.2, 0.25) is 0 Å². The van der Waals surface area contributed by atoms with Crippen molar-refractivity contribution in [3.05, 3.63) is 82.8 Å². The Kier molecular flexibility index (Phi) is 5.46. The first kappa shape index (κ1) is 21.3. The number of hydrogen-bond acceptors (Lipinski definition) is 7. The number of hydrogen-bond donors (Lipinski definition) is 1. The smallest absolute Gasteiger partial charge is 0.266 e. The van der Waals surface area contributed by atoms with Crippen LogP contribution in [0, 0.1) is 5.82 Å². The molecule has 0 fully saturated rings. The summed E-state index contributed by atoms with van der Waals surface area (Å²) in [5.74, 6) is 0.573. The number of anilines is 1. The molecule has 4 heterocycles. The van der Waals surface area contributed by atoms with E-state index in [4.69, 9.17) is 4.74 Å². The van der Waals surface area contributed by atoms with Crippen LogP contribution < -0.4 is 15.6 Å². The molecular weight excluding hydrogens is 439 g/mol. The number of aldehydes is 1. The Bertz CT molecular complexity index is 1590. The van der Waals surface area contributed by atoms with Crippen LogP contribution in [0.4, 0.5) is 10.1 Å². The second kappa shape index (κ2) is 8.74. The lowest BCUT2D eigenvalue weighted by molar-refractivity contribution is 0.112. The van der Waals surface area contributed by atoms with Gasteiger partial charge in [0.25, 0.3) is 5.56 Å². The molecule has 0 bridgehead atoms. The predicted octanol–water partition coefficient (Wildman–Crippen LogP) is 3.20. The number of fused-ring (bicyclic) bond motifs is 2. The topological polar surface area (TPSA) is 104 Å². The molecule has 0 saturated carbocycles. The number of aromatic nitrogens is 5. The van der Waals surface area contributed by atoms with Gasteiger partial charge in [-0.3, -0.25) is 19.1 Å². The highest BCUT2D eigenvalue weighted by Crippen LogP contribution is 2.24. The third-order valence-corrected chi connectivity index (χ3v) is 5.45. The summed E-state index contributed by atoms with van der Waals surface area (Å²) in [7, 11) is 1.57. The van der Waals surface area contributed by atoms with Crippen molar-refractivity contribution >= 4 is 33.9 Å². The lowest BCUT2D eigenvalue weighted by Crippen LogP contribution is -2.26. The molecule has 1 aromatic carbocycles. The highest BCUT2D eigenvalue weighted by atomic mass is 19.1. The Morgan fingerprint density at radius 1 is 1.15 bits per heavy atom. The molecule has 0 radical (unpaired) electrons. The van der Waals surface area contributed by atoms with Crippen LogP contribution in [0.3, 0.4) is 0 Å². The monoisotopic (exact) mass is 458 g/mol. The summed E-state index contributed by atoms with van der Waals surface area (Å²) in [6, 6.07) is 10.7. The number of pyridine rings is 2. The maximum absolute atomic E-state index is 13.9. The fourth-order valence-corrected chi connectivity index (χ4v) is 3.80. The summed E-state index contributed by atoms with van der Waals surface area (Å²) < 4.78 is 22.0. The van der Waals surface area contributed by atoms with Gasteiger partial charge in [-0.05, 0) is 30.3 Å². The second-order valence-corrected chi connectivity index (χ2v) is 7.51. The van der Waals surface area contributed by atoms with Crippen molar-refractivity contribution in [2.24, 2.45) is 0 Å². The van der Waals surface area contributed by atoms with Crippen LogP contribution in [0.1, 0.15) is 10.4 Å². The van der Waals surface area contributed by atoms with Crippen molar-refractivity contribution in [3.8, 4) is 11.6 Å². The standard InChI is InChI=1S/C24H19FN6O3/c1-34-17-11-20-24(28-12-17)19(6-7-26-20)27-8-9-31-23(33)5-4-22(29-31)30-13-15(14-32)18-3-2-16(25)10-21(18)30/h2-7,10-14H,8-9H2,1H3,(H,26,27). The Labute approximate surface area is 192 Å². The maximum atomic E-state index is 13.9. The van der Waals surface area contributed by atoms with Gasteiger partial charge in [0, 0.05) is 42.0 Å². The van der Waals surface area contributed by atoms with Crippen LogP contribution in [-0.2, 0) is 6.54 Å². The molecule has 0 aliphatic heterocycles. The maximum Gasteiger partial charge on any atom is 0.266 e. The number of nitrogens with one attached hydrogen (secondary N) is 1. The van der Waals surface area contributed by atoms with Gasteiger partial charge >= 0.3 is 0 Å². The SMILES string of the molecule is COc1cnc2c(NCCn3nc(-n4cc(C=O)c5ccc(F)cc54)ccc3=O)ccnc2c1. The van der Waals surface area contributed by atoms with Gasteiger partial charge in [0.2, 0.25) is 0 Å². The molecule has 5 aromatic rings. The molecule has 0 atom stereocenters. The second-order valence-electron chi connectivity index (χ2n) is 7.51. The fraction of sp³-hybridized carbons (Fsp3) is 0.125. The van der Waals surface area contributed by atoms with Crippen molar-refractivity contribution in [1.82, 2.24) is 24.3 Å². The molecule has 0 saturated heterocycles. The van der Waals surface area contributed by atoms with Crippen LogP contribution in [-0.4, -0.2) is 44.3 Å². The molecule has 0 unspecified atom stereocenters. The minimum atomic E-state index is -0.433. The Balaban J connectivity index is 1.41. The zero-order chi connectivity index (χ0) is 23.7. The fourth-order valence-electron chi connectivity index (χ4n) is 3.80. The van der Waals surface area contributed by atoms with Gasteiger partial charge in [0.15, 0.2) is 12.1 Å². The molecule has 1 N–H and O–H groups in total. The molecule has 0 aliphatic rings. The van der Waals surface area contributed by atoms with Gasteiger partial charge < -0.3 is 10.1 Å². The van der Waals surface area contributed by atoms with Crippen LogP contribution in [0.25, 0.3) is 27.8 Å². The first-order valence-electron chi connectivity index (χ1n) is 10.4. The van der Waals surface area contributed by atoms with E-state index in [0.29, 0.717) is 51.9 Å². The van der Waals surface area contributed by atoms with E-state index in [2.05, 4.69) is 20.4 Å². The first-order chi connectivity index (χ1) is 16.6. The highest BCUT2D eigenvalue weighted by molar-refractivity contribution is 5.98. The van der Waals surface area contributed by atoms with E-state index in [0.717, 1.165) is 5.69 Å². The first-order valence-corrected chi connectivity index (χ1v) is 10.4. The molecule has 4 aromatic heterocycles. The summed E-state index contributed by atoms with van der Waals surface area (Å²) in [4.78, 5) is 32.6. The number of benzene rings is 1. The molecule has 0 spiro atoms. The molecule has 10 heteroatoms. The quantitative estimate of drug-likeness (QED) is 0.374. The van der Waals surface area contributed by atoms with Gasteiger partial charge in [-0.25, -0.2) is 14.1 Å². The van der Waals surface area contributed by atoms with Gasteiger partial charge in [-0.15, -0.1) is 0 Å². The average Bonchev–Trinajstić information content (AvgIpc) is 3.22. The summed E-state index contributed by atoms with van der Waals surface area (Å²) in [5.41, 5.74) is 2.73. The van der Waals surface area contributed by atoms with Crippen LogP contribution in [0.5, 0.6) is 5.75 Å². The molecule has 0 amide bonds. The van der Waals surface area contributed by atoms with Gasteiger partial charge in [0.1, 0.15) is 17.1 Å². The van der Waals surface area contributed by atoms with Gasteiger partial charge in [-0.1, -0.05) is 0 Å². The predicted molar refractivity (Wildman–Crippen MR) is 125 cm³/mol. The van der Waals surface area contributed by atoms with Crippen molar-refractivity contribution < 1.29 is 13.9 Å². The molecular formula is C24H19FN6O3. The Morgan fingerprint density at radius 3 is 2.85 bits per heavy atom. The molecule has 0 aliphatic carbocycles. The third-order valence-electron chi connectivity index (χ3n) is 5.45. The number of ether oxygens (including phenoxy) is 1. The normalized spacial score (nSPS) is 11.1. The number of carbonyl (C=O) groups is 1. The third kappa shape index (κ3) is 3.85. The van der Waals surface area contributed by atoms with Crippen LogP contribution >= 0.6 is 0 Å². The molecule has 34 heavy (non-hydrogen) atoms. The van der Waals surface area contributed by atoms with E-state index in [1.807, 2.05) is 0 Å². The minimum absolute atomic E-state index is 0.265. The van der Waals surface area contributed by atoms with Crippen molar-refractivity contribution in [3.63, 3.8) is 0 Å². The van der Waals surface area contributed by atoms with Gasteiger partial charge in [-0.2, -0.15) is 5.10 Å². The summed E-state index contributed by atoms with van der Waals surface area (Å²) in [6.07, 6.45) is 5.56. The average molecular weight is 458 g/mol. The largest absolute Gasteiger partial charge is 0.495 e. The Morgan fingerprint density at radius 2 is 2.03 bits per heavy atom. The lowest BCUT2D eigenvalue weighted by Gasteiger charge is -2.11. The van der Waals surface area contributed by atoms with Crippen molar-refractivity contribution in [2.45, 2.75) is 6.54 Å². The number of nitrogens with zero attached hydrogens (tertiary/aromatic N) is 5. The summed E-state index contributed by atoms with van der Waals surface area (Å²) in [5, 5.41) is 8.30. The van der Waals surface area contributed by atoms with E-state index in [9.17, 15) is 14.0 Å². The van der Waals surface area contributed by atoms with Crippen LogP contribution in [0.15, 0.2) is 65.8 Å². The van der Waals surface area contributed by atoms with E-state index in [1.54, 1.807) is 54.5 Å². The zero-order valence-corrected chi connectivity index (χ0v) is 18.1. The Hall–Kier alpha value is -4.60. The molecule has 5 rings (SSSR count). The zero-order valence-electron chi connectivity index (χ0n) is 18.1. The van der Waals surface area contributed by atoms with Gasteiger partial charge in [0.05, 0.1) is 36.6 Å². The summed E-state index contributed by atoms with van der Waals surface area (Å²) in [6.45, 7) is 0.657. The highest BCUT2D eigenvalue weighted by Gasteiger charge is 2.13.